The number of nitrogens with one attached hydrogen (secondary N) is 1. The molecule has 6 heteroatoms. The summed E-state index contributed by atoms with van der Waals surface area (Å²) >= 11 is 8.55. The van der Waals surface area contributed by atoms with Crippen molar-refractivity contribution < 1.29 is 4.79 Å². The fraction of sp³-hybridized carbons (Fsp3) is 0.455. The lowest BCUT2D eigenvalue weighted by Gasteiger charge is -2.09. The Morgan fingerprint density at radius 1 is 1.59 bits per heavy atom. The number of hydrazone groups is 1. The number of halogens is 2. The molecule has 92 valence electrons. The molecule has 1 unspecified atom stereocenters. The first-order valence-corrected chi connectivity index (χ1v) is 7.53. The normalized spacial score (nSPS) is 26.1. The molecule has 0 saturated heterocycles. The molecule has 1 atom stereocenters. The van der Waals surface area contributed by atoms with Crippen LogP contribution in [0.1, 0.15) is 23.1 Å². The second kappa shape index (κ2) is 4.48. The first-order valence-electron chi connectivity index (χ1n) is 5.13. The largest absolute Gasteiger partial charge is 0.272 e. The summed E-state index contributed by atoms with van der Waals surface area (Å²) in [6.45, 7) is 3.94. The topological polar surface area (TPSA) is 41.5 Å². The third kappa shape index (κ3) is 2.63. The van der Waals surface area contributed by atoms with Gasteiger partial charge < -0.3 is 0 Å². The summed E-state index contributed by atoms with van der Waals surface area (Å²) in [6, 6.07) is 4.01. The van der Waals surface area contributed by atoms with Crippen LogP contribution in [0.4, 0.5) is 0 Å². The van der Waals surface area contributed by atoms with Crippen molar-refractivity contribution in [1.82, 2.24) is 5.43 Å². The lowest BCUT2D eigenvalue weighted by molar-refractivity contribution is -0.125. The van der Waals surface area contributed by atoms with Crippen LogP contribution < -0.4 is 5.43 Å². The van der Waals surface area contributed by atoms with Gasteiger partial charge in [0.25, 0.3) is 0 Å². The Kier molecular flexibility index (Phi) is 3.49. The van der Waals surface area contributed by atoms with Crippen molar-refractivity contribution in [2.45, 2.75) is 23.5 Å². The quantitative estimate of drug-likeness (QED) is 0.488. The number of aryl methyl sites for hydroxylation is 1. The number of nitrogens with zero attached hydrogens (tertiary/aromatic N) is 1. The van der Waals surface area contributed by atoms with Crippen LogP contribution in [0.15, 0.2) is 17.2 Å². The van der Waals surface area contributed by atoms with E-state index < -0.39 is 5.41 Å². The smallest absolute Gasteiger partial charge is 0.248 e. The molecule has 3 nitrogen and oxygen atoms in total. The fourth-order valence-electron chi connectivity index (χ4n) is 1.45. The molecule has 0 radical (unpaired) electrons. The van der Waals surface area contributed by atoms with E-state index in [-0.39, 0.29) is 9.14 Å². The zero-order valence-corrected chi connectivity index (χ0v) is 13.4. The van der Waals surface area contributed by atoms with Gasteiger partial charge in [0.2, 0.25) is 5.91 Å². The first kappa shape index (κ1) is 13.2. The van der Waals surface area contributed by atoms with Crippen LogP contribution in [-0.4, -0.2) is 15.4 Å². The highest BCUT2D eigenvalue weighted by molar-refractivity contribution is 9.25. The number of carbonyl (C=O) groups is 1. The Morgan fingerprint density at radius 2 is 2.24 bits per heavy atom. The van der Waals surface area contributed by atoms with Crippen molar-refractivity contribution >= 4 is 55.3 Å². The lowest BCUT2D eigenvalue weighted by atomic mass is 10.1. The van der Waals surface area contributed by atoms with Crippen molar-refractivity contribution in [3.63, 3.8) is 0 Å². The minimum absolute atomic E-state index is 0.0734. The number of hydrogen-bond acceptors (Lipinski definition) is 3. The van der Waals surface area contributed by atoms with Crippen LogP contribution in [0.5, 0.6) is 0 Å². The second-order valence-electron chi connectivity index (χ2n) is 4.36. The standard InChI is InChI=1S/C11H12Br2N2OS/c1-7-3-4-8(17-7)5-14-15-9(16)10(2)6-11(10,12)13/h3-5H,6H2,1-2H3,(H,15,16). The zero-order valence-electron chi connectivity index (χ0n) is 9.46. The summed E-state index contributed by atoms with van der Waals surface area (Å²) in [6.07, 6.45) is 2.44. The number of amides is 1. The van der Waals surface area contributed by atoms with Gasteiger partial charge in [0.05, 0.1) is 14.9 Å². The van der Waals surface area contributed by atoms with Crippen molar-refractivity contribution in [2.75, 3.05) is 0 Å². The summed E-state index contributed by atoms with van der Waals surface area (Å²) in [4.78, 5) is 14.1. The number of carbonyl (C=O) groups excluding carboxylic acids is 1. The highest BCUT2D eigenvalue weighted by Crippen LogP contribution is 2.66. The molecule has 17 heavy (non-hydrogen) atoms. The van der Waals surface area contributed by atoms with Crippen molar-refractivity contribution in [2.24, 2.45) is 10.5 Å². The molecule has 1 N–H and O–H groups in total. The number of thiophene rings is 1. The maximum atomic E-state index is 11.9. The van der Waals surface area contributed by atoms with Crippen molar-refractivity contribution in [3.8, 4) is 0 Å². The highest BCUT2D eigenvalue weighted by Gasteiger charge is 2.66. The Hall–Kier alpha value is -0.200. The van der Waals surface area contributed by atoms with Crippen LogP contribution in [0.3, 0.4) is 0 Å². The van der Waals surface area contributed by atoms with Crippen LogP contribution >= 0.6 is 43.2 Å². The van der Waals surface area contributed by atoms with E-state index in [0.717, 1.165) is 11.3 Å². The van der Waals surface area contributed by atoms with Crippen molar-refractivity contribution in [3.05, 3.63) is 21.9 Å². The fourth-order valence-corrected chi connectivity index (χ4v) is 3.68. The Balaban J connectivity index is 1.91. The molecule has 1 aromatic rings. The van der Waals surface area contributed by atoms with Crippen LogP contribution in [-0.2, 0) is 4.79 Å². The van der Waals surface area contributed by atoms with Gasteiger partial charge in [-0.2, -0.15) is 5.10 Å². The molecule has 0 bridgehead atoms. The molecule has 2 rings (SSSR count). The lowest BCUT2D eigenvalue weighted by Crippen LogP contribution is -2.29. The monoisotopic (exact) mass is 378 g/mol. The predicted octanol–water partition coefficient (Wildman–Crippen LogP) is 3.40. The van der Waals surface area contributed by atoms with Gasteiger partial charge in [-0.1, -0.05) is 31.9 Å². The molecule has 0 aliphatic heterocycles. The van der Waals surface area contributed by atoms with E-state index >= 15 is 0 Å². The minimum Gasteiger partial charge on any atom is -0.272 e. The van der Waals surface area contributed by atoms with Gasteiger partial charge in [-0.3, -0.25) is 4.79 Å². The van der Waals surface area contributed by atoms with Crippen LogP contribution in [0.25, 0.3) is 0 Å². The molecule has 1 aliphatic rings. The molecule has 0 spiro atoms. The molecule has 0 aromatic carbocycles. The van der Waals surface area contributed by atoms with Crippen LogP contribution in [0.2, 0.25) is 0 Å². The van der Waals surface area contributed by atoms with Gasteiger partial charge >= 0.3 is 0 Å². The highest BCUT2D eigenvalue weighted by atomic mass is 79.9. The van der Waals surface area contributed by atoms with Crippen molar-refractivity contribution in [1.29, 1.82) is 0 Å². The molecule has 1 fully saturated rings. The average Bonchev–Trinajstić information content (AvgIpc) is 2.58. The van der Waals surface area contributed by atoms with E-state index in [4.69, 9.17) is 0 Å². The van der Waals surface area contributed by atoms with E-state index in [2.05, 4.69) is 42.4 Å². The summed E-state index contributed by atoms with van der Waals surface area (Å²) in [5, 5.41) is 3.97. The van der Waals surface area contributed by atoms with Gasteiger partial charge in [0, 0.05) is 9.75 Å². The van der Waals surface area contributed by atoms with E-state index in [1.54, 1.807) is 17.6 Å². The Labute approximate surface area is 121 Å². The zero-order chi connectivity index (χ0) is 12.7. The minimum atomic E-state index is -0.421. The molecule has 1 saturated carbocycles. The molecule has 1 aliphatic carbocycles. The van der Waals surface area contributed by atoms with E-state index in [1.807, 2.05) is 26.0 Å². The maximum Gasteiger partial charge on any atom is 0.248 e. The van der Waals surface area contributed by atoms with Gasteiger partial charge in [0.15, 0.2) is 0 Å². The first-order chi connectivity index (χ1) is 7.85. The SMILES string of the molecule is Cc1ccc(C=NNC(=O)C2(C)CC2(Br)Br)s1. The summed E-state index contributed by atoms with van der Waals surface area (Å²) in [7, 11) is 0. The van der Waals surface area contributed by atoms with Gasteiger partial charge in [-0.15, -0.1) is 11.3 Å². The number of alkyl halides is 2. The van der Waals surface area contributed by atoms with E-state index in [0.29, 0.717) is 0 Å². The molecular formula is C11H12Br2N2OS. The average molecular weight is 380 g/mol. The molecule has 1 amide bonds. The van der Waals surface area contributed by atoms with Gasteiger partial charge in [-0.25, -0.2) is 5.43 Å². The molecule has 1 heterocycles. The summed E-state index contributed by atoms with van der Waals surface area (Å²) in [5.74, 6) is -0.0734. The van der Waals surface area contributed by atoms with Gasteiger partial charge in [0.1, 0.15) is 0 Å². The third-order valence-electron chi connectivity index (χ3n) is 2.88. The number of hydrogen-bond donors (Lipinski definition) is 1. The Morgan fingerprint density at radius 3 is 2.71 bits per heavy atom. The van der Waals surface area contributed by atoms with Crippen LogP contribution in [0, 0.1) is 12.3 Å². The third-order valence-corrected chi connectivity index (χ3v) is 6.12. The predicted molar refractivity (Wildman–Crippen MR) is 78.1 cm³/mol. The Bertz CT molecular complexity index is 484. The maximum absolute atomic E-state index is 11.9. The van der Waals surface area contributed by atoms with Gasteiger partial charge in [-0.05, 0) is 32.4 Å². The second-order valence-corrected chi connectivity index (χ2v) is 9.45. The van der Waals surface area contributed by atoms with E-state index in [9.17, 15) is 4.79 Å². The van der Waals surface area contributed by atoms with E-state index in [1.165, 1.54) is 4.88 Å². The molecule has 1 aromatic heterocycles. The summed E-state index contributed by atoms with van der Waals surface area (Å²) in [5.41, 5.74) is 2.15. The summed E-state index contributed by atoms with van der Waals surface area (Å²) < 4.78 is -0.272. The number of rotatable bonds is 3. The molecular weight excluding hydrogens is 368 g/mol.